The monoisotopic (exact) mass is 232 g/mol. The molecular formula is C9H11ClNO2S. The Hall–Kier alpha value is -0.740. The number of nitrogens with one attached hydrogen (secondary N) is 1. The smallest absolute Gasteiger partial charge is 0.234 e. The van der Waals surface area contributed by atoms with Crippen LogP contribution >= 0.6 is 11.6 Å². The highest BCUT2D eigenvalue weighted by molar-refractivity contribution is 7.92. The molecule has 3 nitrogen and oxygen atoms in total. The van der Waals surface area contributed by atoms with Gasteiger partial charge in [0.2, 0.25) is 10.0 Å². The molecule has 1 radical (unpaired) electrons. The van der Waals surface area contributed by atoms with Crippen molar-refractivity contribution in [2.24, 2.45) is 0 Å². The third kappa shape index (κ3) is 3.98. The SMILES string of the molecule is CC(Cl)CS(=O)(=O)Nc1cc[c]cc1. The van der Waals surface area contributed by atoms with Crippen LogP contribution in [0.4, 0.5) is 5.69 Å². The minimum absolute atomic E-state index is 0.0901. The molecule has 0 aliphatic rings. The summed E-state index contributed by atoms with van der Waals surface area (Å²) >= 11 is 5.60. The molecule has 14 heavy (non-hydrogen) atoms. The largest absolute Gasteiger partial charge is 0.284 e. The first-order valence-corrected chi connectivity index (χ1v) is 6.19. The highest BCUT2D eigenvalue weighted by Gasteiger charge is 2.13. The summed E-state index contributed by atoms with van der Waals surface area (Å²) in [5.41, 5.74) is 0.529. The van der Waals surface area contributed by atoms with Crippen LogP contribution in [-0.2, 0) is 10.0 Å². The van der Waals surface area contributed by atoms with Crippen LogP contribution in [0.2, 0.25) is 0 Å². The van der Waals surface area contributed by atoms with Crippen molar-refractivity contribution in [3.8, 4) is 0 Å². The van der Waals surface area contributed by atoms with Gasteiger partial charge in [-0.25, -0.2) is 8.42 Å². The zero-order valence-corrected chi connectivity index (χ0v) is 9.27. The maximum absolute atomic E-state index is 11.4. The third-order valence-corrected chi connectivity index (χ3v) is 3.26. The van der Waals surface area contributed by atoms with Crippen LogP contribution in [0.1, 0.15) is 6.92 Å². The van der Waals surface area contributed by atoms with Gasteiger partial charge in [0.05, 0.1) is 5.75 Å². The Morgan fingerprint density at radius 1 is 1.50 bits per heavy atom. The second kappa shape index (κ2) is 4.66. The van der Waals surface area contributed by atoms with E-state index >= 15 is 0 Å². The number of benzene rings is 1. The van der Waals surface area contributed by atoms with Gasteiger partial charge < -0.3 is 0 Å². The van der Waals surface area contributed by atoms with Gasteiger partial charge in [0.15, 0.2) is 0 Å². The van der Waals surface area contributed by atoms with Gasteiger partial charge in [-0.15, -0.1) is 11.6 Å². The zero-order valence-electron chi connectivity index (χ0n) is 7.70. The normalized spacial score (nSPS) is 13.6. The molecule has 0 saturated carbocycles. The zero-order chi connectivity index (χ0) is 10.6. The number of hydrogen-bond acceptors (Lipinski definition) is 2. The van der Waals surface area contributed by atoms with Gasteiger partial charge in [0, 0.05) is 11.1 Å². The van der Waals surface area contributed by atoms with E-state index in [1.165, 1.54) is 0 Å². The number of sulfonamides is 1. The highest BCUT2D eigenvalue weighted by atomic mass is 35.5. The third-order valence-electron chi connectivity index (χ3n) is 1.44. The molecule has 0 aromatic heterocycles. The molecule has 0 heterocycles. The van der Waals surface area contributed by atoms with E-state index < -0.39 is 15.4 Å². The molecule has 0 bridgehead atoms. The Balaban J connectivity index is 2.70. The summed E-state index contributed by atoms with van der Waals surface area (Å²) in [4.78, 5) is 0. The van der Waals surface area contributed by atoms with E-state index in [9.17, 15) is 8.42 Å². The fourth-order valence-electron chi connectivity index (χ4n) is 0.979. The molecule has 1 atom stereocenters. The number of halogens is 1. The quantitative estimate of drug-likeness (QED) is 0.806. The summed E-state index contributed by atoms with van der Waals surface area (Å²) in [5.74, 6) is -0.0901. The molecule has 1 N–H and O–H groups in total. The predicted molar refractivity (Wildman–Crippen MR) is 58.0 cm³/mol. The van der Waals surface area contributed by atoms with Crippen LogP contribution in [0.5, 0.6) is 0 Å². The van der Waals surface area contributed by atoms with Crippen LogP contribution in [0.15, 0.2) is 24.3 Å². The average molecular weight is 233 g/mol. The van der Waals surface area contributed by atoms with Crippen molar-refractivity contribution in [3.63, 3.8) is 0 Å². The first kappa shape index (κ1) is 11.3. The van der Waals surface area contributed by atoms with Gasteiger partial charge in [0.1, 0.15) is 0 Å². The molecule has 0 aliphatic carbocycles. The number of hydrogen-bond donors (Lipinski definition) is 1. The Morgan fingerprint density at radius 2 is 2.07 bits per heavy atom. The molecule has 1 aromatic rings. The van der Waals surface area contributed by atoms with Crippen LogP contribution in [0.3, 0.4) is 0 Å². The van der Waals surface area contributed by atoms with Crippen LogP contribution < -0.4 is 4.72 Å². The highest BCUT2D eigenvalue weighted by Crippen LogP contribution is 2.09. The lowest BCUT2D eigenvalue weighted by Crippen LogP contribution is -2.21. The lowest BCUT2D eigenvalue weighted by atomic mass is 10.3. The van der Waals surface area contributed by atoms with Gasteiger partial charge >= 0.3 is 0 Å². The first-order valence-electron chi connectivity index (χ1n) is 4.10. The molecule has 1 unspecified atom stereocenters. The van der Waals surface area contributed by atoms with Crippen LogP contribution in [0, 0.1) is 6.07 Å². The van der Waals surface area contributed by atoms with Crippen molar-refractivity contribution < 1.29 is 8.42 Å². The Bertz CT molecular complexity index is 375. The standard InChI is InChI=1S/C9H11ClNO2S/c1-8(10)7-14(12,13)11-9-5-3-2-4-6-9/h3-6,8,11H,7H2,1H3. The first-order chi connectivity index (χ1) is 6.49. The van der Waals surface area contributed by atoms with E-state index in [4.69, 9.17) is 11.6 Å². The topological polar surface area (TPSA) is 46.2 Å². The van der Waals surface area contributed by atoms with Gasteiger partial charge in [0.25, 0.3) is 0 Å². The molecule has 0 aliphatic heterocycles. The molecule has 0 amide bonds. The van der Waals surface area contributed by atoms with Crippen molar-refractivity contribution in [2.75, 3.05) is 10.5 Å². The van der Waals surface area contributed by atoms with Crippen LogP contribution in [0.25, 0.3) is 0 Å². The van der Waals surface area contributed by atoms with E-state index in [-0.39, 0.29) is 5.75 Å². The summed E-state index contributed by atoms with van der Waals surface area (Å²) in [5, 5.41) is -0.400. The van der Waals surface area contributed by atoms with Gasteiger partial charge in [-0.3, -0.25) is 4.72 Å². The fraction of sp³-hybridized carbons (Fsp3) is 0.333. The maximum atomic E-state index is 11.4. The number of anilines is 1. The van der Waals surface area contributed by atoms with Crippen molar-refractivity contribution in [3.05, 3.63) is 30.3 Å². The van der Waals surface area contributed by atoms with Gasteiger partial charge in [-0.2, -0.15) is 0 Å². The molecule has 1 aromatic carbocycles. The minimum Gasteiger partial charge on any atom is -0.284 e. The van der Waals surface area contributed by atoms with E-state index in [0.29, 0.717) is 5.69 Å². The number of alkyl halides is 1. The van der Waals surface area contributed by atoms with Crippen LogP contribution in [-0.4, -0.2) is 19.5 Å². The minimum atomic E-state index is -3.33. The van der Waals surface area contributed by atoms with Crippen molar-refractivity contribution in [1.29, 1.82) is 0 Å². The Morgan fingerprint density at radius 3 is 2.57 bits per heavy atom. The molecule has 0 spiro atoms. The van der Waals surface area contributed by atoms with E-state index in [0.717, 1.165) is 0 Å². The predicted octanol–water partition coefficient (Wildman–Crippen LogP) is 1.86. The summed E-state index contributed by atoms with van der Waals surface area (Å²) in [6, 6.07) is 9.35. The average Bonchev–Trinajstić information content (AvgIpc) is 2.02. The van der Waals surface area contributed by atoms with Crippen molar-refractivity contribution in [1.82, 2.24) is 0 Å². The summed E-state index contributed by atoms with van der Waals surface area (Å²) in [6.45, 7) is 1.64. The van der Waals surface area contributed by atoms with E-state index in [1.807, 2.05) is 0 Å². The Kier molecular flexibility index (Phi) is 3.77. The fourth-order valence-corrected chi connectivity index (χ4v) is 2.66. The second-order valence-corrected chi connectivity index (χ2v) is 5.46. The lowest BCUT2D eigenvalue weighted by molar-refractivity contribution is 0.600. The van der Waals surface area contributed by atoms with Gasteiger partial charge in [-0.1, -0.05) is 12.1 Å². The molecule has 77 valence electrons. The van der Waals surface area contributed by atoms with Crippen molar-refractivity contribution in [2.45, 2.75) is 12.3 Å². The summed E-state index contributed by atoms with van der Waals surface area (Å²) < 4.78 is 25.2. The van der Waals surface area contributed by atoms with E-state index in [2.05, 4.69) is 10.8 Å². The molecule has 0 fully saturated rings. The van der Waals surface area contributed by atoms with Gasteiger partial charge in [-0.05, 0) is 25.1 Å². The lowest BCUT2D eigenvalue weighted by Gasteiger charge is -2.08. The summed E-state index contributed by atoms with van der Waals surface area (Å²) in [6.07, 6.45) is 0. The number of rotatable bonds is 4. The molecular weight excluding hydrogens is 222 g/mol. The Labute approximate surface area is 89.1 Å². The molecule has 1 rings (SSSR count). The maximum Gasteiger partial charge on any atom is 0.234 e. The second-order valence-electron chi connectivity index (χ2n) is 2.95. The van der Waals surface area contributed by atoms with E-state index in [1.54, 1.807) is 31.2 Å². The molecule has 0 saturated heterocycles. The molecule has 5 heteroatoms. The summed E-state index contributed by atoms with van der Waals surface area (Å²) in [7, 11) is -3.33. The van der Waals surface area contributed by atoms with Crippen molar-refractivity contribution >= 4 is 27.3 Å².